The summed E-state index contributed by atoms with van der Waals surface area (Å²) in [7, 11) is 0. The van der Waals surface area contributed by atoms with Crippen LogP contribution in [0.1, 0.15) is 24.5 Å². The molecule has 0 amide bonds. The van der Waals surface area contributed by atoms with Gasteiger partial charge in [-0.1, -0.05) is 25.1 Å². The molecule has 1 aromatic carbocycles. The molecule has 0 radical (unpaired) electrons. The molecule has 2 atom stereocenters. The van der Waals surface area contributed by atoms with Crippen molar-refractivity contribution in [3.8, 4) is 5.75 Å². The van der Waals surface area contributed by atoms with Crippen molar-refractivity contribution in [3.05, 3.63) is 53.9 Å². The molecular weight excluding hydrogens is 348 g/mol. The van der Waals surface area contributed by atoms with Gasteiger partial charge in [-0.15, -0.1) is 0 Å². The third-order valence-electron chi connectivity index (χ3n) is 6.49. The van der Waals surface area contributed by atoms with Crippen molar-refractivity contribution in [3.63, 3.8) is 0 Å². The fourth-order valence-corrected chi connectivity index (χ4v) is 4.60. The number of benzene rings is 1. The number of nitrogens with one attached hydrogen (secondary N) is 1. The number of piperidine rings is 1. The first kappa shape index (κ1) is 17.7. The molecule has 5 nitrogen and oxygen atoms in total. The molecule has 2 unspecified atom stereocenters. The summed E-state index contributed by atoms with van der Waals surface area (Å²) in [5, 5.41) is 3.36. The third kappa shape index (κ3) is 3.51. The Labute approximate surface area is 166 Å². The standard InChI is InChI=1S/C23H28N4O/c1-2-16-11-25-23(26-12-16)27-13-20-21(14-27)22(20)15-28-19-5-3-17(4-6-19)18-7-9-24-10-8-18/h3-7,11-12,20-22,24H,2,8-10,13-15H2,1H3. The number of anilines is 1. The van der Waals surface area contributed by atoms with Crippen LogP contribution in [0.4, 0.5) is 5.95 Å². The Balaban J connectivity index is 1.11. The minimum Gasteiger partial charge on any atom is -0.493 e. The second-order valence-electron chi connectivity index (χ2n) is 8.16. The van der Waals surface area contributed by atoms with Crippen molar-refractivity contribution in [2.24, 2.45) is 17.8 Å². The fraction of sp³-hybridized carbons (Fsp3) is 0.478. The zero-order valence-corrected chi connectivity index (χ0v) is 16.5. The lowest BCUT2D eigenvalue weighted by atomic mass is 10.0. The summed E-state index contributed by atoms with van der Waals surface area (Å²) in [6.07, 6.45) is 8.29. The molecule has 1 saturated carbocycles. The SMILES string of the molecule is CCc1cnc(N2CC3C(COc4ccc(C5=CCNCC5)cc4)C3C2)nc1. The number of fused-ring (bicyclic) bond motifs is 1. The topological polar surface area (TPSA) is 50.3 Å². The molecule has 1 aromatic heterocycles. The summed E-state index contributed by atoms with van der Waals surface area (Å²) in [6, 6.07) is 8.62. The molecule has 2 aromatic rings. The van der Waals surface area contributed by atoms with E-state index in [2.05, 4.69) is 57.4 Å². The Morgan fingerprint density at radius 2 is 1.86 bits per heavy atom. The van der Waals surface area contributed by atoms with Gasteiger partial charge in [-0.2, -0.15) is 0 Å². The minimum absolute atomic E-state index is 0.679. The molecule has 3 aliphatic rings. The smallest absolute Gasteiger partial charge is 0.225 e. The first-order valence-electron chi connectivity index (χ1n) is 10.5. The normalized spacial score (nSPS) is 26.0. The largest absolute Gasteiger partial charge is 0.493 e. The second-order valence-corrected chi connectivity index (χ2v) is 8.16. The van der Waals surface area contributed by atoms with E-state index in [1.165, 1.54) is 16.7 Å². The Kier molecular flexibility index (Phi) is 4.77. The maximum atomic E-state index is 6.10. The van der Waals surface area contributed by atoms with E-state index in [1.54, 1.807) is 0 Å². The molecule has 5 heteroatoms. The highest BCUT2D eigenvalue weighted by molar-refractivity contribution is 5.67. The molecule has 0 spiro atoms. The summed E-state index contributed by atoms with van der Waals surface area (Å²) >= 11 is 0. The van der Waals surface area contributed by atoms with Crippen LogP contribution in [0.15, 0.2) is 42.7 Å². The molecule has 28 heavy (non-hydrogen) atoms. The van der Waals surface area contributed by atoms with E-state index in [4.69, 9.17) is 4.74 Å². The number of aryl methyl sites for hydroxylation is 1. The predicted molar refractivity (Wildman–Crippen MR) is 111 cm³/mol. The monoisotopic (exact) mass is 376 g/mol. The first-order valence-corrected chi connectivity index (χ1v) is 10.5. The quantitative estimate of drug-likeness (QED) is 0.839. The zero-order valence-electron chi connectivity index (χ0n) is 16.5. The molecule has 146 valence electrons. The predicted octanol–water partition coefficient (Wildman–Crippen LogP) is 3.18. The Morgan fingerprint density at radius 3 is 2.50 bits per heavy atom. The van der Waals surface area contributed by atoms with Gasteiger partial charge in [0.1, 0.15) is 5.75 Å². The lowest BCUT2D eigenvalue weighted by Crippen LogP contribution is -2.27. The number of ether oxygens (including phenoxy) is 1. The van der Waals surface area contributed by atoms with Crippen molar-refractivity contribution in [1.29, 1.82) is 0 Å². The van der Waals surface area contributed by atoms with Crippen LogP contribution in [0.5, 0.6) is 5.75 Å². The van der Waals surface area contributed by atoms with Crippen molar-refractivity contribution in [1.82, 2.24) is 15.3 Å². The van der Waals surface area contributed by atoms with Crippen LogP contribution < -0.4 is 15.0 Å². The van der Waals surface area contributed by atoms with Gasteiger partial charge in [-0.3, -0.25) is 0 Å². The summed E-state index contributed by atoms with van der Waals surface area (Å²) < 4.78 is 6.10. The van der Waals surface area contributed by atoms with Crippen molar-refractivity contribution in [2.45, 2.75) is 19.8 Å². The molecule has 2 aliphatic heterocycles. The molecule has 1 saturated heterocycles. The molecule has 1 aliphatic carbocycles. The van der Waals surface area contributed by atoms with Gasteiger partial charge in [0, 0.05) is 37.9 Å². The number of hydrogen-bond donors (Lipinski definition) is 1. The summed E-state index contributed by atoms with van der Waals surface area (Å²) in [6.45, 7) is 7.12. The van der Waals surface area contributed by atoms with E-state index < -0.39 is 0 Å². The number of rotatable bonds is 6. The highest BCUT2D eigenvalue weighted by Crippen LogP contribution is 2.52. The number of nitrogens with zero attached hydrogens (tertiary/aromatic N) is 3. The highest BCUT2D eigenvalue weighted by atomic mass is 16.5. The average molecular weight is 377 g/mol. The average Bonchev–Trinajstić information content (AvgIpc) is 3.22. The van der Waals surface area contributed by atoms with E-state index in [-0.39, 0.29) is 0 Å². The summed E-state index contributed by atoms with van der Waals surface area (Å²) in [5.74, 6) is 4.01. The van der Waals surface area contributed by atoms with Gasteiger partial charge in [-0.05, 0) is 60.1 Å². The molecule has 3 heterocycles. The van der Waals surface area contributed by atoms with E-state index in [0.717, 1.165) is 69.2 Å². The first-order chi connectivity index (χ1) is 13.8. The summed E-state index contributed by atoms with van der Waals surface area (Å²) in [4.78, 5) is 11.4. The van der Waals surface area contributed by atoms with Crippen LogP contribution in [0, 0.1) is 17.8 Å². The van der Waals surface area contributed by atoms with Crippen LogP contribution >= 0.6 is 0 Å². The molecule has 5 rings (SSSR count). The van der Waals surface area contributed by atoms with E-state index in [0.29, 0.717) is 5.92 Å². The molecular formula is C23H28N4O. The van der Waals surface area contributed by atoms with Crippen LogP contribution in [0.25, 0.3) is 5.57 Å². The maximum Gasteiger partial charge on any atom is 0.225 e. The molecule has 2 fully saturated rings. The van der Waals surface area contributed by atoms with Crippen LogP contribution in [-0.2, 0) is 6.42 Å². The fourth-order valence-electron chi connectivity index (χ4n) is 4.60. The Bertz CT molecular complexity index is 834. The van der Waals surface area contributed by atoms with Gasteiger partial charge < -0.3 is 15.0 Å². The third-order valence-corrected chi connectivity index (χ3v) is 6.49. The van der Waals surface area contributed by atoms with Gasteiger partial charge in [0.15, 0.2) is 0 Å². The van der Waals surface area contributed by atoms with Gasteiger partial charge in [0.25, 0.3) is 0 Å². The van der Waals surface area contributed by atoms with E-state index in [9.17, 15) is 0 Å². The Morgan fingerprint density at radius 1 is 1.11 bits per heavy atom. The van der Waals surface area contributed by atoms with Gasteiger partial charge >= 0.3 is 0 Å². The number of aromatic nitrogens is 2. The maximum absolute atomic E-state index is 6.10. The van der Waals surface area contributed by atoms with Gasteiger partial charge in [-0.25, -0.2) is 9.97 Å². The van der Waals surface area contributed by atoms with E-state index in [1.807, 2.05) is 12.4 Å². The Hall–Kier alpha value is -2.40. The van der Waals surface area contributed by atoms with Gasteiger partial charge in [0.2, 0.25) is 5.95 Å². The molecule has 0 bridgehead atoms. The van der Waals surface area contributed by atoms with Crippen LogP contribution in [-0.4, -0.2) is 42.8 Å². The minimum atomic E-state index is 0.679. The van der Waals surface area contributed by atoms with Gasteiger partial charge in [0.05, 0.1) is 6.61 Å². The highest BCUT2D eigenvalue weighted by Gasteiger charge is 2.56. The van der Waals surface area contributed by atoms with Crippen molar-refractivity contribution >= 4 is 11.5 Å². The zero-order chi connectivity index (χ0) is 18.9. The second kappa shape index (κ2) is 7.55. The van der Waals surface area contributed by atoms with Crippen LogP contribution in [0.3, 0.4) is 0 Å². The van der Waals surface area contributed by atoms with Crippen molar-refractivity contribution < 1.29 is 4.74 Å². The van der Waals surface area contributed by atoms with Crippen LogP contribution in [0.2, 0.25) is 0 Å². The number of hydrogen-bond acceptors (Lipinski definition) is 5. The summed E-state index contributed by atoms with van der Waals surface area (Å²) in [5.41, 5.74) is 3.96. The van der Waals surface area contributed by atoms with E-state index >= 15 is 0 Å². The van der Waals surface area contributed by atoms with Crippen molar-refractivity contribution in [2.75, 3.05) is 37.7 Å². The lowest BCUT2D eigenvalue weighted by Gasteiger charge is -2.20. The molecule has 1 N–H and O–H groups in total. The lowest BCUT2D eigenvalue weighted by molar-refractivity contribution is 0.283.